The Kier molecular flexibility index (Phi) is 3.29. The molecule has 1 heterocycles. The molecular weight excluding hydrogens is 248 g/mol. The molecule has 0 spiro atoms. The zero-order valence-corrected chi connectivity index (χ0v) is 10.4. The lowest BCUT2D eigenvalue weighted by atomic mass is 10.2. The SMILES string of the molecule is Fc1ccc(CNCc2cncn2C2CC2)c(F)c1. The van der Waals surface area contributed by atoms with Crippen molar-refractivity contribution >= 4 is 0 Å². The van der Waals surface area contributed by atoms with Gasteiger partial charge in [0.2, 0.25) is 0 Å². The third kappa shape index (κ3) is 2.81. The molecule has 2 aromatic rings. The molecule has 5 heteroatoms. The number of hydrogen-bond acceptors (Lipinski definition) is 2. The third-order valence-corrected chi connectivity index (χ3v) is 3.32. The lowest BCUT2D eigenvalue weighted by molar-refractivity contribution is 0.554. The zero-order chi connectivity index (χ0) is 13.2. The maximum absolute atomic E-state index is 13.4. The van der Waals surface area contributed by atoms with Crippen LogP contribution in [-0.4, -0.2) is 9.55 Å². The Morgan fingerprint density at radius 1 is 1.26 bits per heavy atom. The summed E-state index contributed by atoms with van der Waals surface area (Å²) in [5, 5.41) is 3.16. The van der Waals surface area contributed by atoms with Crippen LogP contribution in [0.5, 0.6) is 0 Å². The molecule has 1 aromatic carbocycles. The smallest absolute Gasteiger partial charge is 0.130 e. The molecule has 0 amide bonds. The van der Waals surface area contributed by atoms with E-state index in [-0.39, 0.29) is 0 Å². The molecule has 0 bridgehead atoms. The fraction of sp³-hybridized carbons (Fsp3) is 0.357. The van der Waals surface area contributed by atoms with Gasteiger partial charge >= 0.3 is 0 Å². The van der Waals surface area contributed by atoms with Gasteiger partial charge in [-0.25, -0.2) is 13.8 Å². The fourth-order valence-electron chi connectivity index (χ4n) is 2.14. The number of aromatic nitrogens is 2. The van der Waals surface area contributed by atoms with Crippen LogP contribution in [0.1, 0.15) is 30.1 Å². The molecule has 0 atom stereocenters. The van der Waals surface area contributed by atoms with Crippen molar-refractivity contribution < 1.29 is 8.78 Å². The average molecular weight is 263 g/mol. The van der Waals surface area contributed by atoms with Crippen molar-refractivity contribution in [3.63, 3.8) is 0 Å². The predicted molar refractivity (Wildman–Crippen MR) is 67.4 cm³/mol. The van der Waals surface area contributed by atoms with E-state index in [1.54, 1.807) is 0 Å². The second-order valence-electron chi connectivity index (χ2n) is 4.86. The summed E-state index contributed by atoms with van der Waals surface area (Å²) in [5.74, 6) is -1.06. The highest BCUT2D eigenvalue weighted by molar-refractivity contribution is 5.18. The summed E-state index contributed by atoms with van der Waals surface area (Å²) >= 11 is 0. The summed E-state index contributed by atoms with van der Waals surface area (Å²) in [6, 6.07) is 4.23. The van der Waals surface area contributed by atoms with Crippen LogP contribution in [0.3, 0.4) is 0 Å². The van der Waals surface area contributed by atoms with Gasteiger partial charge in [-0.2, -0.15) is 0 Å². The zero-order valence-electron chi connectivity index (χ0n) is 10.4. The maximum atomic E-state index is 13.4. The van der Waals surface area contributed by atoms with Gasteiger partial charge in [-0.3, -0.25) is 0 Å². The Bertz CT molecular complexity index is 576. The molecule has 1 N–H and O–H groups in total. The van der Waals surface area contributed by atoms with Crippen LogP contribution in [0, 0.1) is 11.6 Å². The Morgan fingerprint density at radius 3 is 2.84 bits per heavy atom. The van der Waals surface area contributed by atoms with Crippen molar-refractivity contribution in [3.05, 3.63) is 53.6 Å². The van der Waals surface area contributed by atoms with E-state index in [2.05, 4.69) is 14.9 Å². The summed E-state index contributed by atoms with van der Waals surface area (Å²) < 4.78 is 28.4. The van der Waals surface area contributed by atoms with E-state index < -0.39 is 11.6 Å². The Morgan fingerprint density at radius 2 is 2.11 bits per heavy atom. The van der Waals surface area contributed by atoms with Crippen molar-refractivity contribution in [1.29, 1.82) is 0 Å². The first-order valence-electron chi connectivity index (χ1n) is 6.39. The number of halogens is 2. The highest BCUT2D eigenvalue weighted by atomic mass is 19.1. The molecule has 3 nitrogen and oxygen atoms in total. The monoisotopic (exact) mass is 263 g/mol. The fourth-order valence-corrected chi connectivity index (χ4v) is 2.14. The lowest BCUT2D eigenvalue weighted by Gasteiger charge is -2.08. The van der Waals surface area contributed by atoms with Crippen molar-refractivity contribution in [2.45, 2.75) is 32.0 Å². The molecule has 1 fully saturated rings. The van der Waals surface area contributed by atoms with Gasteiger partial charge in [-0.1, -0.05) is 6.07 Å². The number of nitrogens with one attached hydrogen (secondary N) is 1. The molecule has 3 rings (SSSR count). The van der Waals surface area contributed by atoms with Gasteiger partial charge in [-0.05, 0) is 18.9 Å². The number of rotatable bonds is 5. The molecule has 0 unspecified atom stereocenters. The van der Waals surface area contributed by atoms with E-state index >= 15 is 0 Å². The number of imidazole rings is 1. The minimum atomic E-state index is -0.548. The first-order chi connectivity index (χ1) is 9.24. The van der Waals surface area contributed by atoms with Gasteiger partial charge in [0.15, 0.2) is 0 Å². The summed E-state index contributed by atoms with van der Waals surface area (Å²) in [5.41, 5.74) is 1.57. The van der Waals surface area contributed by atoms with Crippen LogP contribution in [0.2, 0.25) is 0 Å². The van der Waals surface area contributed by atoms with Crippen LogP contribution < -0.4 is 5.32 Å². The molecule has 100 valence electrons. The first-order valence-corrected chi connectivity index (χ1v) is 6.39. The summed E-state index contributed by atoms with van der Waals surface area (Å²) in [6.07, 6.45) is 6.07. The van der Waals surface area contributed by atoms with Crippen molar-refractivity contribution in [3.8, 4) is 0 Å². The van der Waals surface area contributed by atoms with Crippen LogP contribution in [-0.2, 0) is 13.1 Å². The van der Waals surface area contributed by atoms with E-state index in [1.165, 1.54) is 25.0 Å². The third-order valence-electron chi connectivity index (χ3n) is 3.32. The summed E-state index contributed by atoms with van der Waals surface area (Å²) in [7, 11) is 0. The molecule has 0 aliphatic heterocycles. The number of benzene rings is 1. The van der Waals surface area contributed by atoms with Gasteiger partial charge in [0.05, 0.1) is 12.0 Å². The number of nitrogens with zero attached hydrogens (tertiary/aromatic N) is 2. The summed E-state index contributed by atoms with van der Waals surface area (Å²) in [4.78, 5) is 4.14. The highest BCUT2D eigenvalue weighted by Gasteiger charge is 2.24. The van der Waals surface area contributed by atoms with Gasteiger partial charge in [0, 0.05) is 37.0 Å². The van der Waals surface area contributed by atoms with E-state index in [9.17, 15) is 8.78 Å². The van der Waals surface area contributed by atoms with Crippen molar-refractivity contribution in [2.75, 3.05) is 0 Å². The Hall–Kier alpha value is -1.75. The van der Waals surface area contributed by atoms with Crippen LogP contribution >= 0.6 is 0 Å². The molecule has 19 heavy (non-hydrogen) atoms. The second-order valence-corrected chi connectivity index (χ2v) is 4.86. The van der Waals surface area contributed by atoms with Gasteiger partial charge in [0.1, 0.15) is 11.6 Å². The minimum absolute atomic E-state index is 0.377. The lowest BCUT2D eigenvalue weighted by Crippen LogP contribution is -2.16. The van der Waals surface area contributed by atoms with Crippen molar-refractivity contribution in [1.82, 2.24) is 14.9 Å². The van der Waals surface area contributed by atoms with Gasteiger partial charge in [0.25, 0.3) is 0 Å². The topological polar surface area (TPSA) is 29.9 Å². The van der Waals surface area contributed by atoms with Crippen molar-refractivity contribution in [2.24, 2.45) is 0 Å². The first kappa shape index (κ1) is 12.3. The summed E-state index contributed by atoms with van der Waals surface area (Å²) in [6.45, 7) is 1.01. The minimum Gasteiger partial charge on any atom is -0.330 e. The molecular formula is C14H15F2N3. The Labute approximate surface area is 110 Å². The van der Waals surface area contributed by atoms with E-state index in [0.717, 1.165) is 11.8 Å². The molecule has 0 saturated heterocycles. The largest absolute Gasteiger partial charge is 0.330 e. The molecule has 1 aromatic heterocycles. The van der Waals surface area contributed by atoms with E-state index in [4.69, 9.17) is 0 Å². The van der Waals surface area contributed by atoms with E-state index in [1.807, 2.05) is 12.5 Å². The maximum Gasteiger partial charge on any atom is 0.130 e. The van der Waals surface area contributed by atoms with Gasteiger partial charge in [-0.15, -0.1) is 0 Å². The highest BCUT2D eigenvalue weighted by Crippen LogP contribution is 2.35. The Balaban J connectivity index is 1.59. The van der Waals surface area contributed by atoms with Crippen LogP contribution in [0.4, 0.5) is 8.78 Å². The average Bonchev–Trinajstić information content (AvgIpc) is 3.12. The van der Waals surface area contributed by atoms with Crippen LogP contribution in [0.15, 0.2) is 30.7 Å². The predicted octanol–water partition coefficient (Wildman–Crippen LogP) is 2.79. The van der Waals surface area contributed by atoms with Crippen LogP contribution in [0.25, 0.3) is 0 Å². The quantitative estimate of drug-likeness (QED) is 0.899. The number of hydrogen-bond donors (Lipinski definition) is 1. The molecule has 0 radical (unpaired) electrons. The molecule has 1 aliphatic carbocycles. The molecule has 1 aliphatic rings. The normalized spacial score (nSPS) is 14.8. The van der Waals surface area contributed by atoms with Gasteiger partial charge < -0.3 is 9.88 Å². The van der Waals surface area contributed by atoms with E-state index in [0.29, 0.717) is 24.7 Å². The second kappa shape index (κ2) is 5.09. The standard InChI is InChI=1S/C14H15F2N3/c15-11-2-1-10(14(16)5-11)6-17-7-13-8-18-9-19(13)12-3-4-12/h1-2,5,8-9,12,17H,3-4,6-7H2. The molecule has 1 saturated carbocycles.